The lowest BCUT2D eigenvalue weighted by Crippen LogP contribution is -2.29. The van der Waals surface area contributed by atoms with Crippen molar-refractivity contribution < 1.29 is 5.11 Å². The van der Waals surface area contributed by atoms with Crippen molar-refractivity contribution in [2.24, 2.45) is 23.7 Å². The molecule has 2 aliphatic carbocycles. The largest absolute Gasteiger partial charge is 0.393 e. The van der Waals surface area contributed by atoms with Crippen LogP contribution in [-0.2, 0) is 0 Å². The summed E-state index contributed by atoms with van der Waals surface area (Å²) in [5.41, 5.74) is 0. The standard InChI is InChI=1S/C15H28O/c1-11-3-5-13(6-4-11)12(2)14-7-9-15(16)10-8-14/h11-16H,3-10H2,1-2H3. The van der Waals surface area contributed by atoms with E-state index in [1.807, 2.05) is 0 Å². The molecule has 1 unspecified atom stereocenters. The van der Waals surface area contributed by atoms with Gasteiger partial charge in [0, 0.05) is 0 Å². The van der Waals surface area contributed by atoms with Gasteiger partial charge in [-0.3, -0.25) is 0 Å². The van der Waals surface area contributed by atoms with Crippen molar-refractivity contribution in [1.82, 2.24) is 0 Å². The summed E-state index contributed by atoms with van der Waals surface area (Å²) in [5.74, 6) is 3.76. The number of aliphatic hydroxyl groups is 1. The van der Waals surface area contributed by atoms with Crippen LogP contribution in [0, 0.1) is 23.7 Å². The molecule has 0 aromatic rings. The van der Waals surface area contributed by atoms with E-state index in [0.29, 0.717) is 0 Å². The van der Waals surface area contributed by atoms with Gasteiger partial charge in [0.2, 0.25) is 0 Å². The minimum absolute atomic E-state index is 0.00910. The third-order valence-corrected chi connectivity index (χ3v) is 5.29. The first-order valence-electron chi connectivity index (χ1n) is 7.35. The van der Waals surface area contributed by atoms with Crippen LogP contribution in [-0.4, -0.2) is 11.2 Å². The minimum atomic E-state index is 0.00910. The lowest BCUT2D eigenvalue weighted by atomic mass is 9.69. The Morgan fingerprint density at radius 1 is 0.812 bits per heavy atom. The van der Waals surface area contributed by atoms with Crippen molar-refractivity contribution >= 4 is 0 Å². The van der Waals surface area contributed by atoms with E-state index in [0.717, 1.165) is 36.5 Å². The molecule has 0 aromatic heterocycles. The summed E-state index contributed by atoms with van der Waals surface area (Å²) in [5, 5.41) is 9.55. The summed E-state index contributed by atoms with van der Waals surface area (Å²) in [4.78, 5) is 0. The van der Waals surface area contributed by atoms with E-state index in [2.05, 4.69) is 13.8 Å². The number of rotatable bonds is 2. The highest BCUT2D eigenvalue weighted by Gasteiger charge is 2.30. The van der Waals surface area contributed by atoms with Crippen LogP contribution in [0.5, 0.6) is 0 Å². The van der Waals surface area contributed by atoms with Crippen LogP contribution < -0.4 is 0 Å². The molecule has 2 fully saturated rings. The molecular weight excluding hydrogens is 196 g/mol. The zero-order valence-electron chi connectivity index (χ0n) is 11.0. The Bertz CT molecular complexity index is 175. The quantitative estimate of drug-likeness (QED) is 0.751. The third-order valence-electron chi connectivity index (χ3n) is 5.29. The maximum absolute atomic E-state index is 9.55. The molecular formula is C15H28O. The normalized spacial score (nSPS) is 42.9. The van der Waals surface area contributed by atoms with Crippen molar-refractivity contribution in [2.75, 3.05) is 0 Å². The van der Waals surface area contributed by atoms with Crippen LogP contribution in [0.1, 0.15) is 65.2 Å². The first kappa shape index (κ1) is 12.4. The lowest BCUT2D eigenvalue weighted by molar-refractivity contribution is 0.0714. The van der Waals surface area contributed by atoms with E-state index in [-0.39, 0.29) is 6.10 Å². The summed E-state index contributed by atoms with van der Waals surface area (Å²) in [7, 11) is 0. The summed E-state index contributed by atoms with van der Waals surface area (Å²) < 4.78 is 0. The number of hydrogen-bond donors (Lipinski definition) is 1. The Morgan fingerprint density at radius 2 is 1.25 bits per heavy atom. The molecule has 1 N–H and O–H groups in total. The predicted molar refractivity (Wildman–Crippen MR) is 68.3 cm³/mol. The van der Waals surface area contributed by atoms with Gasteiger partial charge in [-0.2, -0.15) is 0 Å². The maximum atomic E-state index is 9.55. The van der Waals surface area contributed by atoms with Gasteiger partial charge < -0.3 is 5.11 Å². The molecule has 0 bridgehead atoms. The molecule has 0 radical (unpaired) electrons. The van der Waals surface area contributed by atoms with Crippen LogP contribution in [0.15, 0.2) is 0 Å². The molecule has 0 saturated heterocycles. The highest BCUT2D eigenvalue weighted by atomic mass is 16.3. The van der Waals surface area contributed by atoms with Gasteiger partial charge in [0.05, 0.1) is 6.10 Å². The molecule has 2 saturated carbocycles. The summed E-state index contributed by atoms with van der Waals surface area (Å²) >= 11 is 0. The third kappa shape index (κ3) is 3.00. The second-order valence-corrected chi connectivity index (χ2v) is 6.45. The van der Waals surface area contributed by atoms with Crippen molar-refractivity contribution in [3.63, 3.8) is 0 Å². The molecule has 2 rings (SSSR count). The van der Waals surface area contributed by atoms with Crippen molar-refractivity contribution in [3.05, 3.63) is 0 Å². The highest BCUT2D eigenvalue weighted by molar-refractivity contribution is 4.82. The van der Waals surface area contributed by atoms with Crippen LogP contribution in [0.25, 0.3) is 0 Å². The number of aliphatic hydroxyl groups excluding tert-OH is 1. The first-order chi connectivity index (χ1) is 7.66. The summed E-state index contributed by atoms with van der Waals surface area (Å²) in [6, 6.07) is 0. The van der Waals surface area contributed by atoms with Crippen molar-refractivity contribution in [1.29, 1.82) is 0 Å². The fourth-order valence-corrected chi connectivity index (χ4v) is 3.82. The molecule has 2 aliphatic rings. The Kier molecular flexibility index (Phi) is 4.29. The Labute approximate surface area is 101 Å². The predicted octanol–water partition coefficient (Wildman–Crippen LogP) is 4.00. The van der Waals surface area contributed by atoms with E-state index >= 15 is 0 Å². The summed E-state index contributed by atoms with van der Waals surface area (Å²) in [6.45, 7) is 4.88. The molecule has 0 amide bonds. The lowest BCUT2D eigenvalue weighted by Gasteiger charge is -2.37. The van der Waals surface area contributed by atoms with Crippen LogP contribution in [0.3, 0.4) is 0 Å². The van der Waals surface area contributed by atoms with Crippen LogP contribution in [0.4, 0.5) is 0 Å². The fraction of sp³-hybridized carbons (Fsp3) is 1.00. The van der Waals surface area contributed by atoms with Gasteiger partial charge >= 0.3 is 0 Å². The molecule has 1 nitrogen and oxygen atoms in total. The zero-order chi connectivity index (χ0) is 11.5. The minimum Gasteiger partial charge on any atom is -0.393 e. The first-order valence-corrected chi connectivity index (χ1v) is 7.35. The molecule has 1 atom stereocenters. The monoisotopic (exact) mass is 224 g/mol. The Hall–Kier alpha value is -0.0400. The highest BCUT2D eigenvalue weighted by Crippen LogP contribution is 2.40. The maximum Gasteiger partial charge on any atom is 0.0540 e. The summed E-state index contributed by atoms with van der Waals surface area (Å²) in [6.07, 6.45) is 10.5. The topological polar surface area (TPSA) is 20.2 Å². The smallest absolute Gasteiger partial charge is 0.0540 e. The van der Waals surface area contributed by atoms with Gasteiger partial charge in [-0.25, -0.2) is 0 Å². The van der Waals surface area contributed by atoms with E-state index in [4.69, 9.17) is 0 Å². The van der Waals surface area contributed by atoms with E-state index in [9.17, 15) is 5.11 Å². The Balaban J connectivity index is 1.80. The molecule has 0 aliphatic heterocycles. The van der Waals surface area contributed by atoms with E-state index in [1.165, 1.54) is 38.5 Å². The average molecular weight is 224 g/mol. The van der Waals surface area contributed by atoms with Gasteiger partial charge in [0.1, 0.15) is 0 Å². The van der Waals surface area contributed by atoms with Gasteiger partial charge in [-0.15, -0.1) is 0 Å². The average Bonchev–Trinajstić information content (AvgIpc) is 2.30. The van der Waals surface area contributed by atoms with Crippen molar-refractivity contribution in [3.8, 4) is 0 Å². The number of hydrogen-bond acceptors (Lipinski definition) is 1. The molecule has 1 heteroatoms. The van der Waals surface area contributed by atoms with Crippen LogP contribution >= 0.6 is 0 Å². The second kappa shape index (κ2) is 5.53. The van der Waals surface area contributed by atoms with Crippen molar-refractivity contribution in [2.45, 2.75) is 71.3 Å². The molecule has 0 heterocycles. The zero-order valence-corrected chi connectivity index (χ0v) is 11.0. The van der Waals surface area contributed by atoms with Gasteiger partial charge in [0.15, 0.2) is 0 Å². The Morgan fingerprint density at radius 3 is 1.75 bits per heavy atom. The van der Waals surface area contributed by atoms with E-state index < -0.39 is 0 Å². The SMILES string of the molecule is CC1CCC(C(C)C2CCC(O)CC2)CC1. The molecule has 0 spiro atoms. The second-order valence-electron chi connectivity index (χ2n) is 6.45. The van der Waals surface area contributed by atoms with Crippen LogP contribution in [0.2, 0.25) is 0 Å². The molecule has 16 heavy (non-hydrogen) atoms. The van der Waals surface area contributed by atoms with Gasteiger partial charge in [0.25, 0.3) is 0 Å². The fourth-order valence-electron chi connectivity index (χ4n) is 3.82. The van der Waals surface area contributed by atoms with Gasteiger partial charge in [-0.05, 0) is 62.2 Å². The van der Waals surface area contributed by atoms with E-state index in [1.54, 1.807) is 0 Å². The molecule has 94 valence electrons. The van der Waals surface area contributed by atoms with Gasteiger partial charge in [-0.1, -0.05) is 26.7 Å². The molecule has 0 aromatic carbocycles.